The summed E-state index contributed by atoms with van der Waals surface area (Å²) in [5.74, 6) is -6.63. The average Bonchev–Trinajstić information content (AvgIpc) is 3.55. The Morgan fingerprint density at radius 2 is 1.62 bits per heavy atom. The first kappa shape index (κ1) is 37.7. The summed E-state index contributed by atoms with van der Waals surface area (Å²) in [7, 11) is 0. The Bertz CT molecular complexity index is 2270. The molecule has 15 heteroatoms. The number of nitrogens with one attached hydrogen (secondary N) is 1. The van der Waals surface area contributed by atoms with E-state index in [1.165, 1.54) is 4.90 Å². The molecule has 56 heavy (non-hydrogen) atoms. The highest BCUT2D eigenvalue weighted by molar-refractivity contribution is 6.33. The number of amides is 4. The topological polar surface area (TPSA) is 129 Å². The minimum absolute atomic E-state index is 0.0269. The number of hydrogen-bond acceptors (Lipinski definition) is 8. The molecule has 3 fully saturated rings. The lowest BCUT2D eigenvalue weighted by Crippen LogP contribution is -2.53. The molecule has 2 saturated heterocycles. The van der Waals surface area contributed by atoms with Crippen LogP contribution in [0.4, 0.5) is 19.0 Å². The van der Waals surface area contributed by atoms with E-state index in [4.69, 9.17) is 27.9 Å². The number of nitrogens with zero attached hydrogens (tertiary/aromatic N) is 3. The van der Waals surface area contributed by atoms with Crippen LogP contribution in [0.1, 0.15) is 41.0 Å². The molecule has 1 aromatic heterocycles. The summed E-state index contributed by atoms with van der Waals surface area (Å²) in [5, 5.41) is 10.3. The second-order valence-electron chi connectivity index (χ2n) is 14.3. The highest BCUT2D eigenvalue weighted by Crippen LogP contribution is 2.65. The van der Waals surface area contributed by atoms with E-state index in [9.17, 15) is 32.7 Å². The number of halogens is 5. The molecule has 6 atom stereocenters. The zero-order valence-electron chi connectivity index (χ0n) is 29.4. The number of fused-ring (bicyclic) bond motifs is 4. The van der Waals surface area contributed by atoms with Crippen LogP contribution in [0.2, 0.25) is 10.0 Å². The number of pyridine rings is 1. The van der Waals surface area contributed by atoms with Crippen LogP contribution in [0.15, 0.2) is 103 Å². The molecule has 8 rings (SSSR count). The highest BCUT2D eigenvalue weighted by atomic mass is 35.5. The van der Waals surface area contributed by atoms with Crippen molar-refractivity contribution in [2.75, 3.05) is 18.6 Å². The van der Waals surface area contributed by atoms with E-state index in [0.29, 0.717) is 39.7 Å². The number of aliphatic hydroxyl groups excluding tert-OH is 1. The molecule has 4 aromatic rings. The first-order valence-corrected chi connectivity index (χ1v) is 18.7. The van der Waals surface area contributed by atoms with Crippen LogP contribution >= 0.6 is 23.2 Å². The van der Waals surface area contributed by atoms with Crippen molar-refractivity contribution in [3.63, 3.8) is 0 Å². The Balaban J connectivity index is 1.30. The minimum atomic E-state index is -4.75. The number of hydrazine groups is 1. The van der Waals surface area contributed by atoms with Gasteiger partial charge in [0.05, 0.1) is 46.9 Å². The number of hydrogen-bond donors (Lipinski definition) is 2. The predicted octanol–water partition coefficient (Wildman–Crippen LogP) is 6.96. The standard InChI is InChI=1S/C41H33Cl2F3N4O6/c42-25-12-10-23(11-13-25)40-30(37(53)50(39(40)55)48-35-31(43)18-24(20-47-35)41(44,45)46)19-29-26(34(40)27-8-4-5-9-32(27)56-17-16-51)14-15-28-33(29)38(54)49(36(28)52)21-22-6-2-1-3-7-22/h1-14,18,20,28-30,33-34,51H,15-17,19,21H2,(H,47,48)/t28-,29+,30-,33-,34+,40+/m0/s1. The van der Waals surface area contributed by atoms with Gasteiger partial charge in [-0.1, -0.05) is 95.5 Å². The number of benzene rings is 3. The number of para-hydroxylation sites is 1. The monoisotopic (exact) mass is 804 g/mol. The van der Waals surface area contributed by atoms with Gasteiger partial charge in [0.25, 0.3) is 11.8 Å². The van der Waals surface area contributed by atoms with Crippen molar-refractivity contribution >= 4 is 52.6 Å². The molecule has 4 amide bonds. The number of aromatic nitrogens is 1. The third-order valence-electron chi connectivity index (χ3n) is 11.4. The number of aliphatic hydroxyl groups is 1. The largest absolute Gasteiger partial charge is 0.491 e. The van der Waals surface area contributed by atoms with Crippen LogP contribution in [0, 0.1) is 23.7 Å². The molecule has 2 aliphatic heterocycles. The molecule has 1 saturated carbocycles. The minimum Gasteiger partial charge on any atom is -0.491 e. The van der Waals surface area contributed by atoms with Gasteiger partial charge in [-0.05, 0) is 54.2 Å². The fourth-order valence-corrected chi connectivity index (χ4v) is 9.45. The van der Waals surface area contributed by atoms with E-state index in [2.05, 4.69) is 10.4 Å². The van der Waals surface area contributed by atoms with E-state index < -0.39 is 63.6 Å². The van der Waals surface area contributed by atoms with E-state index in [0.717, 1.165) is 10.6 Å². The SMILES string of the molecule is O=C1[C@H]2[C@H](CC=C3[C@H]2C[C@H]2C(=O)N(Nc4ncc(C(F)(F)F)cc4Cl)C(=O)[C@@]2(c2ccc(Cl)cc2)[C@H]3c2ccccc2OCCO)C(=O)N1Cc1ccccc1. The molecule has 0 spiro atoms. The van der Waals surface area contributed by atoms with Gasteiger partial charge in [0.2, 0.25) is 11.8 Å². The van der Waals surface area contributed by atoms with Gasteiger partial charge in [0.15, 0.2) is 5.82 Å². The third-order valence-corrected chi connectivity index (χ3v) is 12.0. The third kappa shape index (κ3) is 6.03. The Labute approximate surface area is 328 Å². The zero-order chi connectivity index (χ0) is 39.5. The maximum Gasteiger partial charge on any atom is 0.417 e. The van der Waals surface area contributed by atoms with Crippen LogP contribution < -0.4 is 10.2 Å². The van der Waals surface area contributed by atoms with Gasteiger partial charge in [0.1, 0.15) is 12.4 Å². The second-order valence-corrected chi connectivity index (χ2v) is 15.1. The van der Waals surface area contributed by atoms with Crippen LogP contribution in [0.5, 0.6) is 5.75 Å². The molecule has 3 aromatic carbocycles. The summed E-state index contributed by atoms with van der Waals surface area (Å²) >= 11 is 12.6. The van der Waals surface area contributed by atoms with Crippen molar-refractivity contribution in [2.45, 2.75) is 36.9 Å². The Hall–Kier alpha value is -5.24. The second kappa shape index (κ2) is 14.4. The smallest absolute Gasteiger partial charge is 0.417 e. The maximum atomic E-state index is 15.4. The van der Waals surface area contributed by atoms with Crippen LogP contribution in [0.3, 0.4) is 0 Å². The van der Waals surface area contributed by atoms with Crippen molar-refractivity contribution in [1.29, 1.82) is 0 Å². The molecule has 4 aliphatic rings. The van der Waals surface area contributed by atoms with Crippen molar-refractivity contribution in [3.05, 3.63) is 135 Å². The van der Waals surface area contributed by atoms with E-state index in [1.54, 1.807) is 48.5 Å². The number of anilines is 1. The Morgan fingerprint density at radius 3 is 2.32 bits per heavy atom. The molecular formula is C41H33Cl2F3N4O6. The lowest BCUT2D eigenvalue weighted by atomic mass is 9.49. The molecule has 0 radical (unpaired) electrons. The fourth-order valence-electron chi connectivity index (χ4n) is 9.12. The van der Waals surface area contributed by atoms with Crippen LogP contribution in [-0.4, -0.2) is 56.8 Å². The molecule has 0 unspecified atom stereocenters. The van der Waals surface area contributed by atoms with Gasteiger partial charge >= 0.3 is 6.18 Å². The van der Waals surface area contributed by atoms with E-state index >= 15 is 4.79 Å². The van der Waals surface area contributed by atoms with Crippen molar-refractivity contribution in [2.24, 2.45) is 23.7 Å². The summed E-state index contributed by atoms with van der Waals surface area (Å²) in [5.41, 5.74) is 2.10. The van der Waals surface area contributed by atoms with Gasteiger partial charge in [-0.2, -0.15) is 18.2 Å². The van der Waals surface area contributed by atoms with Crippen LogP contribution in [-0.2, 0) is 37.3 Å². The summed E-state index contributed by atoms with van der Waals surface area (Å²) in [4.78, 5) is 63.9. The van der Waals surface area contributed by atoms with Gasteiger partial charge in [-0.25, -0.2) is 4.98 Å². The molecule has 288 valence electrons. The van der Waals surface area contributed by atoms with Gasteiger partial charge in [-0.15, -0.1) is 0 Å². The number of likely N-dealkylation sites (tertiary alicyclic amines) is 1. The van der Waals surface area contributed by atoms with Gasteiger partial charge in [0, 0.05) is 22.7 Å². The van der Waals surface area contributed by atoms with Crippen LogP contribution in [0.25, 0.3) is 0 Å². The molecule has 0 bridgehead atoms. The van der Waals surface area contributed by atoms with Gasteiger partial charge < -0.3 is 9.84 Å². The van der Waals surface area contributed by atoms with Crippen molar-refractivity contribution in [1.82, 2.24) is 14.9 Å². The highest BCUT2D eigenvalue weighted by Gasteiger charge is 2.70. The molecular weight excluding hydrogens is 772 g/mol. The number of carbonyl (C=O) groups excluding carboxylic acids is 4. The molecule has 2 N–H and O–H groups in total. The Morgan fingerprint density at radius 1 is 0.911 bits per heavy atom. The summed E-state index contributed by atoms with van der Waals surface area (Å²) in [6.45, 7) is -0.333. The van der Waals surface area contributed by atoms with E-state index in [-0.39, 0.29) is 50.2 Å². The zero-order valence-corrected chi connectivity index (χ0v) is 30.9. The normalized spacial score (nSPS) is 25.8. The maximum absolute atomic E-state index is 15.4. The van der Waals surface area contributed by atoms with Crippen molar-refractivity contribution in [3.8, 4) is 5.75 Å². The first-order chi connectivity index (χ1) is 26.9. The number of alkyl halides is 3. The first-order valence-electron chi connectivity index (χ1n) is 17.9. The van der Waals surface area contributed by atoms with E-state index in [1.807, 2.05) is 36.4 Å². The number of rotatable bonds is 9. The number of imide groups is 2. The number of carbonyl (C=O) groups is 4. The average molecular weight is 806 g/mol. The molecule has 3 heterocycles. The summed E-state index contributed by atoms with van der Waals surface area (Å²) in [6, 6.07) is 23.2. The lowest BCUT2D eigenvalue weighted by molar-refractivity contribution is -0.142. The van der Waals surface area contributed by atoms with Crippen molar-refractivity contribution < 1.29 is 42.2 Å². The molecule has 2 aliphatic carbocycles. The number of ether oxygens (including phenoxy) is 1. The Kier molecular flexibility index (Phi) is 9.66. The predicted molar refractivity (Wildman–Crippen MR) is 198 cm³/mol. The van der Waals surface area contributed by atoms with Gasteiger partial charge in [-0.3, -0.25) is 29.5 Å². The number of allylic oxidation sites excluding steroid dienone is 2. The summed E-state index contributed by atoms with van der Waals surface area (Å²) < 4.78 is 46.6. The lowest BCUT2D eigenvalue weighted by Gasteiger charge is -2.50. The fraction of sp³-hybridized carbons (Fsp3) is 0.293. The molecule has 10 nitrogen and oxygen atoms in total. The quantitative estimate of drug-likeness (QED) is 0.137. The summed E-state index contributed by atoms with van der Waals surface area (Å²) in [6.07, 6.45) is -2.15.